The van der Waals surface area contributed by atoms with Gasteiger partial charge < -0.3 is 15.3 Å². The number of carbonyl (C=O) groups is 2. The molecule has 1 aromatic rings. The number of aryl methyl sites for hydroxylation is 1. The zero-order valence-electron chi connectivity index (χ0n) is 12.6. The second-order valence-corrected chi connectivity index (χ2v) is 5.70. The number of carboxylic acid groups (broad SMARTS) is 1. The highest BCUT2D eigenvalue weighted by Gasteiger charge is 2.27. The molecule has 0 bridgehead atoms. The highest BCUT2D eigenvalue weighted by Crippen LogP contribution is 2.16. The van der Waals surface area contributed by atoms with Gasteiger partial charge >= 0.3 is 12.0 Å². The average Bonchev–Trinajstić information content (AvgIpc) is 2.50. The minimum absolute atomic E-state index is 0.236. The molecule has 1 aromatic carbocycles. The molecule has 5 nitrogen and oxygen atoms in total. The van der Waals surface area contributed by atoms with Crippen molar-refractivity contribution in [1.82, 2.24) is 10.2 Å². The summed E-state index contributed by atoms with van der Waals surface area (Å²) in [4.78, 5) is 24.6. The molecule has 1 fully saturated rings. The Hall–Kier alpha value is -2.11. The largest absolute Gasteiger partial charge is 0.481 e. The lowest BCUT2D eigenvalue weighted by atomic mass is 9.99. The molecular formula is C16H21FN2O3. The number of rotatable bonds is 4. The van der Waals surface area contributed by atoms with Crippen molar-refractivity contribution in [3.63, 3.8) is 0 Å². The Bertz CT molecular complexity index is 562. The van der Waals surface area contributed by atoms with Crippen molar-refractivity contribution >= 4 is 12.0 Å². The van der Waals surface area contributed by atoms with Crippen molar-refractivity contribution in [2.45, 2.75) is 26.2 Å². The molecule has 1 unspecified atom stereocenters. The number of benzene rings is 1. The Kier molecular flexibility index (Phi) is 5.35. The van der Waals surface area contributed by atoms with Crippen LogP contribution < -0.4 is 5.32 Å². The van der Waals surface area contributed by atoms with Gasteiger partial charge in [-0.25, -0.2) is 9.18 Å². The van der Waals surface area contributed by atoms with Crippen molar-refractivity contribution in [1.29, 1.82) is 0 Å². The normalized spacial score (nSPS) is 18.1. The number of carboxylic acids is 1. The zero-order chi connectivity index (χ0) is 16.1. The number of halogens is 1. The van der Waals surface area contributed by atoms with E-state index in [0.717, 1.165) is 5.56 Å². The Morgan fingerprint density at radius 1 is 1.45 bits per heavy atom. The van der Waals surface area contributed by atoms with E-state index in [1.807, 2.05) is 6.92 Å². The van der Waals surface area contributed by atoms with Gasteiger partial charge in [-0.15, -0.1) is 0 Å². The number of nitrogens with zero attached hydrogens (tertiary/aromatic N) is 1. The molecule has 6 heteroatoms. The van der Waals surface area contributed by atoms with Crippen LogP contribution in [0.1, 0.15) is 24.0 Å². The first kappa shape index (κ1) is 16.3. The minimum Gasteiger partial charge on any atom is -0.481 e. The van der Waals surface area contributed by atoms with Crippen LogP contribution in [0.15, 0.2) is 18.2 Å². The van der Waals surface area contributed by atoms with Crippen LogP contribution in [0.25, 0.3) is 0 Å². The Morgan fingerprint density at radius 3 is 2.95 bits per heavy atom. The molecule has 0 radical (unpaired) electrons. The monoisotopic (exact) mass is 308 g/mol. The van der Waals surface area contributed by atoms with E-state index in [-0.39, 0.29) is 18.4 Å². The number of amides is 2. The highest BCUT2D eigenvalue weighted by atomic mass is 19.1. The summed E-state index contributed by atoms with van der Waals surface area (Å²) in [6.07, 6.45) is 1.71. The van der Waals surface area contributed by atoms with Crippen LogP contribution in [-0.2, 0) is 11.2 Å². The molecule has 120 valence electrons. The van der Waals surface area contributed by atoms with Crippen LogP contribution >= 0.6 is 0 Å². The Balaban J connectivity index is 1.82. The van der Waals surface area contributed by atoms with E-state index in [4.69, 9.17) is 5.11 Å². The fraction of sp³-hybridized carbons (Fsp3) is 0.500. The van der Waals surface area contributed by atoms with Crippen molar-refractivity contribution in [3.8, 4) is 0 Å². The number of likely N-dealkylation sites (tertiary alicyclic amines) is 1. The van der Waals surface area contributed by atoms with Gasteiger partial charge in [-0.3, -0.25) is 4.79 Å². The van der Waals surface area contributed by atoms with Gasteiger partial charge in [-0.1, -0.05) is 17.7 Å². The molecule has 1 saturated heterocycles. The van der Waals surface area contributed by atoms with Crippen LogP contribution in [0.4, 0.5) is 9.18 Å². The average molecular weight is 308 g/mol. The molecule has 1 aliphatic heterocycles. The van der Waals surface area contributed by atoms with Crippen molar-refractivity contribution in [2.75, 3.05) is 19.6 Å². The van der Waals surface area contributed by atoms with Crippen LogP contribution in [0.3, 0.4) is 0 Å². The van der Waals surface area contributed by atoms with Gasteiger partial charge in [-0.2, -0.15) is 0 Å². The SMILES string of the molecule is Cc1ccc(F)c(CCNC(=O)N2CCCC(C(=O)O)C2)c1. The van der Waals surface area contributed by atoms with Gasteiger partial charge in [-0.05, 0) is 37.8 Å². The summed E-state index contributed by atoms with van der Waals surface area (Å²) in [5, 5.41) is 11.8. The summed E-state index contributed by atoms with van der Waals surface area (Å²) >= 11 is 0. The van der Waals surface area contributed by atoms with Gasteiger partial charge in [0.1, 0.15) is 5.82 Å². The van der Waals surface area contributed by atoms with E-state index in [9.17, 15) is 14.0 Å². The molecule has 1 atom stereocenters. The predicted molar refractivity (Wildman–Crippen MR) is 80.2 cm³/mol. The van der Waals surface area contributed by atoms with E-state index in [0.29, 0.717) is 37.9 Å². The van der Waals surface area contributed by atoms with Gasteiger partial charge in [0.2, 0.25) is 0 Å². The zero-order valence-corrected chi connectivity index (χ0v) is 12.6. The van der Waals surface area contributed by atoms with E-state index >= 15 is 0 Å². The molecule has 0 saturated carbocycles. The number of hydrogen-bond acceptors (Lipinski definition) is 2. The van der Waals surface area contributed by atoms with E-state index in [2.05, 4.69) is 5.32 Å². The quantitative estimate of drug-likeness (QED) is 0.896. The standard InChI is InChI=1S/C16H21FN2O3/c1-11-4-5-14(17)12(9-11)6-7-18-16(22)19-8-2-3-13(10-19)15(20)21/h4-5,9,13H,2-3,6-8,10H2,1H3,(H,18,22)(H,20,21). The first-order chi connectivity index (χ1) is 10.5. The number of hydrogen-bond donors (Lipinski definition) is 2. The summed E-state index contributed by atoms with van der Waals surface area (Å²) in [5.41, 5.74) is 1.55. The predicted octanol–water partition coefficient (Wildman–Crippen LogP) is 2.18. The smallest absolute Gasteiger partial charge is 0.317 e. The minimum atomic E-state index is -0.862. The fourth-order valence-corrected chi connectivity index (χ4v) is 2.67. The lowest BCUT2D eigenvalue weighted by Gasteiger charge is -2.30. The molecule has 2 rings (SSSR count). The number of urea groups is 1. The number of piperidine rings is 1. The third-order valence-corrected chi connectivity index (χ3v) is 3.93. The molecule has 0 aromatic heterocycles. The summed E-state index contributed by atoms with van der Waals surface area (Å²) in [6, 6.07) is 4.62. The highest BCUT2D eigenvalue weighted by molar-refractivity contribution is 5.76. The molecule has 0 aliphatic carbocycles. The van der Waals surface area contributed by atoms with Gasteiger partial charge in [0.05, 0.1) is 5.92 Å². The second-order valence-electron chi connectivity index (χ2n) is 5.70. The van der Waals surface area contributed by atoms with Crippen molar-refractivity contribution in [2.24, 2.45) is 5.92 Å². The van der Waals surface area contributed by atoms with Gasteiger partial charge in [0.25, 0.3) is 0 Å². The van der Waals surface area contributed by atoms with E-state index in [1.165, 1.54) is 11.0 Å². The fourth-order valence-electron chi connectivity index (χ4n) is 2.67. The van der Waals surface area contributed by atoms with Crippen molar-refractivity contribution in [3.05, 3.63) is 35.1 Å². The van der Waals surface area contributed by atoms with Crippen LogP contribution in [-0.4, -0.2) is 41.6 Å². The maximum Gasteiger partial charge on any atom is 0.317 e. The maximum atomic E-state index is 13.6. The Labute approximate surface area is 129 Å². The summed E-state index contributed by atoms with van der Waals surface area (Å²) < 4.78 is 13.6. The number of aliphatic carboxylic acids is 1. The number of carbonyl (C=O) groups excluding carboxylic acids is 1. The topological polar surface area (TPSA) is 69.6 Å². The molecule has 2 N–H and O–H groups in total. The molecule has 22 heavy (non-hydrogen) atoms. The van der Waals surface area contributed by atoms with Gasteiger partial charge in [0, 0.05) is 19.6 Å². The van der Waals surface area contributed by atoms with Crippen LogP contribution in [0.5, 0.6) is 0 Å². The lowest BCUT2D eigenvalue weighted by molar-refractivity contribution is -0.143. The summed E-state index contributed by atoms with van der Waals surface area (Å²) in [6.45, 7) is 3.02. The van der Waals surface area contributed by atoms with E-state index < -0.39 is 11.9 Å². The van der Waals surface area contributed by atoms with Crippen LogP contribution in [0, 0.1) is 18.7 Å². The van der Waals surface area contributed by atoms with Crippen LogP contribution in [0.2, 0.25) is 0 Å². The van der Waals surface area contributed by atoms with Gasteiger partial charge in [0.15, 0.2) is 0 Å². The molecular weight excluding hydrogens is 287 g/mol. The maximum absolute atomic E-state index is 13.6. The second kappa shape index (κ2) is 7.24. The number of nitrogens with one attached hydrogen (secondary N) is 1. The Morgan fingerprint density at radius 2 is 2.23 bits per heavy atom. The summed E-state index contributed by atoms with van der Waals surface area (Å²) in [5.74, 6) is -1.63. The third kappa shape index (κ3) is 4.19. The molecule has 1 heterocycles. The summed E-state index contributed by atoms with van der Waals surface area (Å²) in [7, 11) is 0. The first-order valence-electron chi connectivity index (χ1n) is 7.48. The molecule has 0 spiro atoms. The van der Waals surface area contributed by atoms with E-state index in [1.54, 1.807) is 12.1 Å². The molecule has 2 amide bonds. The lowest BCUT2D eigenvalue weighted by Crippen LogP contribution is -2.47. The third-order valence-electron chi connectivity index (χ3n) is 3.93. The first-order valence-corrected chi connectivity index (χ1v) is 7.48. The van der Waals surface area contributed by atoms with Crippen molar-refractivity contribution < 1.29 is 19.1 Å². The molecule has 1 aliphatic rings.